The topological polar surface area (TPSA) is 38.7 Å². The van der Waals surface area contributed by atoms with Crippen LogP contribution in [0.5, 0.6) is 0 Å². The van der Waals surface area contributed by atoms with E-state index < -0.39 is 0 Å². The number of rotatable bonds is 6. The van der Waals surface area contributed by atoms with E-state index in [0.29, 0.717) is 17.5 Å². The lowest BCUT2D eigenvalue weighted by Gasteiger charge is -2.15. The molecule has 1 heterocycles. The minimum atomic E-state index is 0.623. The van der Waals surface area contributed by atoms with Crippen molar-refractivity contribution in [2.45, 2.75) is 0 Å². The highest BCUT2D eigenvalue weighted by Crippen LogP contribution is 2.39. The van der Waals surface area contributed by atoms with Crippen molar-refractivity contribution in [3.8, 4) is 67.5 Å². The molecule has 0 bridgehead atoms. The van der Waals surface area contributed by atoms with Gasteiger partial charge in [-0.1, -0.05) is 194 Å². The molecule has 0 N–H and O–H groups in total. The summed E-state index contributed by atoms with van der Waals surface area (Å²) in [5.74, 6) is 1.88. The third-order valence-corrected chi connectivity index (χ3v) is 12.3. The van der Waals surface area contributed by atoms with Gasteiger partial charge in [-0.15, -0.1) is 0 Å². The molecule has 0 aliphatic carbocycles. The van der Waals surface area contributed by atoms with Crippen LogP contribution >= 0.6 is 0 Å². The number of aromatic nitrogens is 3. The molecule has 0 radical (unpaired) electrons. The largest absolute Gasteiger partial charge is 0.208 e. The Labute approximate surface area is 359 Å². The fraction of sp³-hybridized carbons (Fsp3) is 0. The monoisotopic (exact) mass is 787 g/mol. The zero-order chi connectivity index (χ0) is 41.0. The van der Waals surface area contributed by atoms with Crippen LogP contribution in [0.15, 0.2) is 224 Å². The minimum absolute atomic E-state index is 0.623. The van der Waals surface area contributed by atoms with Crippen LogP contribution < -0.4 is 0 Å². The maximum atomic E-state index is 5.32. The molecule has 11 aromatic carbocycles. The van der Waals surface area contributed by atoms with Gasteiger partial charge >= 0.3 is 0 Å². The number of hydrogen-bond acceptors (Lipinski definition) is 3. The van der Waals surface area contributed by atoms with Crippen LogP contribution in [-0.4, -0.2) is 15.0 Å². The molecule has 0 spiro atoms. The third kappa shape index (κ3) is 6.27. The number of benzene rings is 11. The van der Waals surface area contributed by atoms with Crippen LogP contribution in [0.4, 0.5) is 0 Å². The fourth-order valence-corrected chi connectivity index (χ4v) is 9.19. The quantitative estimate of drug-likeness (QED) is 0.158. The molecule has 0 saturated heterocycles. The van der Waals surface area contributed by atoms with Crippen molar-refractivity contribution >= 4 is 53.9 Å². The average molecular weight is 788 g/mol. The van der Waals surface area contributed by atoms with Crippen molar-refractivity contribution in [3.05, 3.63) is 224 Å². The van der Waals surface area contributed by atoms with Gasteiger partial charge in [0.15, 0.2) is 17.5 Å². The number of nitrogens with zero attached hydrogens (tertiary/aromatic N) is 3. The van der Waals surface area contributed by atoms with Crippen LogP contribution in [0.3, 0.4) is 0 Å². The van der Waals surface area contributed by atoms with E-state index >= 15 is 0 Å². The summed E-state index contributed by atoms with van der Waals surface area (Å²) in [5, 5.41) is 12.0. The highest BCUT2D eigenvalue weighted by Gasteiger charge is 2.19. The van der Waals surface area contributed by atoms with E-state index in [9.17, 15) is 0 Å². The molecule has 0 unspecified atom stereocenters. The molecule has 12 rings (SSSR count). The van der Waals surface area contributed by atoms with Gasteiger partial charge in [0.25, 0.3) is 0 Å². The van der Waals surface area contributed by atoms with Gasteiger partial charge in [-0.05, 0) is 112 Å². The molecule has 0 aliphatic heterocycles. The second-order valence-electron chi connectivity index (χ2n) is 16.0. The van der Waals surface area contributed by atoms with Crippen LogP contribution in [0.25, 0.3) is 121 Å². The predicted molar refractivity (Wildman–Crippen MR) is 260 cm³/mol. The SMILES string of the molecule is c1ccc(-c2c(-c3nc(-c4cccc(-c5ccc6cc(-c7cccc8ccccc78)ccc6c5)c4)nc(-c4ccc5c(ccc6ccccc65)c4)n3)ccc3ccccc23)cc1. The van der Waals surface area contributed by atoms with Crippen molar-refractivity contribution in [2.24, 2.45) is 0 Å². The molecule has 62 heavy (non-hydrogen) atoms. The Kier molecular flexibility index (Phi) is 8.50. The Morgan fingerprint density at radius 1 is 0.210 bits per heavy atom. The fourth-order valence-electron chi connectivity index (χ4n) is 9.19. The van der Waals surface area contributed by atoms with Gasteiger partial charge in [0.2, 0.25) is 0 Å². The third-order valence-electron chi connectivity index (χ3n) is 12.3. The Hall–Kier alpha value is -8.27. The molecule has 3 nitrogen and oxygen atoms in total. The van der Waals surface area contributed by atoms with Gasteiger partial charge in [-0.2, -0.15) is 0 Å². The summed E-state index contributed by atoms with van der Waals surface area (Å²) >= 11 is 0. The molecular formula is C59H37N3. The maximum Gasteiger partial charge on any atom is 0.164 e. The molecule has 288 valence electrons. The van der Waals surface area contributed by atoms with E-state index in [1.165, 1.54) is 54.2 Å². The Balaban J connectivity index is 0.999. The lowest BCUT2D eigenvalue weighted by molar-refractivity contribution is 1.08. The van der Waals surface area contributed by atoms with E-state index in [1.807, 2.05) is 0 Å². The first-order valence-electron chi connectivity index (χ1n) is 21.1. The summed E-state index contributed by atoms with van der Waals surface area (Å²) in [6.45, 7) is 0. The number of fused-ring (bicyclic) bond motifs is 6. The zero-order valence-corrected chi connectivity index (χ0v) is 33.7. The molecule has 0 atom stereocenters. The Morgan fingerprint density at radius 2 is 0.677 bits per heavy atom. The smallest absolute Gasteiger partial charge is 0.164 e. The Bertz CT molecular complexity index is 3700. The summed E-state index contributed by atoms with van der Waals surface area (Å²) < 4.78 is 0. The van der Waals surface area contributed by atoms with Crippen LogP contribution in [0.1, 0.15) is 0 Å². The summed E-state index contributed by atoms with van der Waals surface area (Å²) in [4.78, 5) is 15.9. The van der Waals surface area contributed by atoms with Gasteiger partial charge in [0, 0.05) is 22.3 Å². The summed E-state index contributed by atoms with van der Waals surface area (Å²) in [7, 11) is 0. The maximum absolute atomic E-state index is 5.32. The van der Waals surface area contributed by atoms with Crippen molar-refractivity contribution < 1.29 is 0 Å². The van der Waals surface area contributed by atoms with E-state index in [2.05, 4.69) is 224 Å². The van der Waals surface area contributed by atoms with Gasteiger partial charge in [-0.25, -0.2) is 15.0 Å². The lowest BCUT2D eigenvalue weighted by Crippen LogP contribution is -2.01. The van der Waals surface area contributed by atoms with E-state index in [-0.39, 0.29) is 0 Å². The molecule has 0 amide bonds. The zero-order valence-electron chi connectivity index (χ0n) is 33.7. The lowest BCUT2D eigenvalue weighted by atomic mass is 9.93. The minimum Gasteiger partial charge on any atom is -0.208 e. The van der Waals surface area contributed by atoms with E-state index in [1.54, 1.807) is 0 Å². The first-order chi connectivity index (χ1) is 30.7. The molecule has 1 aromatic heterocycles. The Morgan fingerprint density at radius 3 is 1.48 bits per heavy atom. The van der Waals surface area contributed by atoms with Crippen molar-refractivity contribution in [3.63, 3.8) is 0 Å². The molecule has 3 heteroatoms. The first-order valence-corrected chi connectivity index (χ1v) is 21.1. The molecule has 0 saturated carbocycles. The molecular weight excluding hydrogens is 751 g/mol. The predicted octanol–water partition coefficient (Wildman–Crippen LogP) is 15.6. The van der Waals surface area contributed by atoms with Crippen LogP contribution in [0, 0.1) is 0 Å². The van der Waals surface area contributed by atoms with Gasteiger partial charge in [0.1, 0.15) is 0 Å². The van der Waals surface area contributed by atoms with E-state index in [0.717, 1.165) is 49.7 Å². The second kappa shape index (κ2) is 14.8. The van der Waals surface area contributed by atoms with Crippen LogP contribution in [0.2, 0.25) is 0 Å². The van der Waals surface area contributed by atoms with E-state index in [4.69, 9.17) is 15.0 Å². The standard InChI is InChI=1S/C59H37N3/c1-2-15-41(16-3-1)56-54-22-9-6-14-40(54)30-33-55(56)59-61-57(60-58(62-59)49-31-32-53-47(37-49)28-24-39-13-5-8-21-51(39)53)48-19-10-18-42(36-48)43-25-26-45-35-46(29-27-44(45)34-43)52-23-11-17-38-12-4-7-20-50(38)52/h1-37H. The van der Waals surface area contributed by atoms with Crippen molar-refractivity contribution in [1.82, 2.24) is 15.0 Å². The summed E-state index contributed by atoms with van der Waals surface area (Å²) in [6, 6.07) is 80.2. The van der Waals surface area contributed by atoms with Crippen molar-refractivity contribution in [2.75, 3.05) is 0 Å². The highest BCUT2D eigenvalue weighted by atomic mass is 15.0. The number of hydrogen-bond donors (Lipinski definition) is 0. The molecule has 0 aliphatic rings. The second-order valence-corrected chi connectivity index (χ2v) is 16.0. The average Bonchev–Trinajstić information content (AvgIpc) is 3.35. The summed E-state index contributed by atoms with van der Waals surface area (Å²) in [6.07, 6.45) is 0. The summed E-state index contributed by atoms with van der Waals surface area (Å²) in [5.41, 5.74) is 9.73. The molecule has 12 aromatic rings. The normalized spacial score (nSPS) is 11.5. The van der Waals surface area contributed by atoms with Gasteiger partial charge < -0.3 is 0 Å². The molecule has 0 fully saturated rings. The van der Waals surface area contributed by atoms with Crippen molar-refractivity contribution in [1.29, 1.82) is 0 Å². The highest BCUT2D eigenvalue weighted by molar-refractivity contribution is 6.08. The van der Waals surface area contributed by atoms with Crippen LogP contribution in [-0.2, 0) is 0 Å². The van der Waals surface area contributed by atoms with Gasteiger partial charge in [0.05, 0.1) is 0 Å². The van der Waals surface area contributed by atoms with Gasteiger partial charge in [-0.3, -0.25) is 0 Å². The first kappa shape index (κ1) is 35.7.